The molecule has 1 saturated heterocycles. The molecule has 0 aromatic carbocycles. The minimum Gasteiger partial charge on any atom is -0.360 e. The van der Waals surface area contributed by atoms with Crippen molar-refractivity contribution in [2.24, 2.45) is 0 Å². The number of hydrogen-bond donors (Lipinski definition) is 1. The van der Waals surface area contributed by atoms with Gasteiger partial charge in [-0.25, -0.2) is 0 Å². The molecule has 1 aliphatic heterocycles. The van der Waals surface area contributed by atoms with Crippen LogP contribution < -0.4 is 5.32 Å². The Morgan fingerprint density at radius 3 is 2.64 bits per heavy atom. The van der Waals surface area contributed by atoms with Crippen LogP contribution >= 0.6 is 11.8 Å². The van der Waals surface area contributed by atoms with Gasteiger partial charge in [0, 0.05) is 38.3 Å². The first kappa shape index (κ1) is 19.8. The Kier molecular flexibility index (Phi) is 7.31. The van der Waals surface area contributed by atoms with Crippen LogP contribution in [0.1, 0.15) is 32.4 Å². The van der Waals surface area contributed by atoms with Crippen molar-refractivity contribution in [3.8, 4) is 0 Å². The molecule has 0 spiro atoms. The number of anilines is 1. The van der Waals surface area contributed by atoms with Gasteiger partial charge in [-0.05, 0) is 33.6 Å². The van der Waals surface area contributed by atoms with Gasteiger partial charge in [0.2, 0.25) is 11.8 Å². The van der Waals surface area contributed by atoms with Crippen LogP contribution in [0, 0.1) is 6.92 Å². The zero-order valence-electron chi connectivity index (χ0n) is 15.4. The molecule has 1 aliphatic rings. The summed E-state index contributed by atoms with van der Waals surface area (Å²) >= 11 is 1.32. The van der Waals surface area contributed by atoms with Gasteiger partial charge in [-0.1, -0.05) is 5.16 Å². The highest BCUT2D eigenvalue weighted by Crippen LogP contribution is 2.18. The number of hydrogen-bond acceptors (Lipinski definition) is 6. The van der Waals surface area contributed by atoms with E-state index in [1.54, 1.807) is 13.0 Å². The Labute approximate surface area is 153 Å². The molecule has 140 valence electrons. The summed E-state index contributed by atoms with van der Waals surface area (Å²) in [5.74, 6) is 1.48. The summed E-state index contributed by atoms with van der Waals surface area (Å²) in [4.78, 5) is 28.5. The van der Waals surface area contributed by atoms with Gasteiger partial charge in [-0.3, -0.25) is 9.59 Å². The lowest BCUT2D eigenvalue weighted by atomic mass is 10.0. The van der Waals surface area contributed by atoms with E-state index in [0.717, 1.165) is 25.9 Å². The lowest BCUT2D eigenvalue weighted by molar-refractivity contribution is -0.130. The van der Waals surface area contributed by atoms with E-state index in [-0.39, 0.29) is 17.6 Å². The van der Waals surface area contributed by atoms with Crippen LogP contribution in [0.4, 0.5) is 5.82 Å². The van der Waals surface area contributed by atoms with Gasteiger partial charge in [0.25, 0.3) is 0 Å². The number of nitrogens with one attached hydrogen (secondary N) is 1. The van der Waals surface area contributed by atoms with E-state index in [1.807, 2.05) is 11.9 Å². The maximum atomic E-state index is 12.3. The highest BCUT2D eigenvalue weighted by atomic mass is 32.2. The number of rotatable bonds is 7. The Morgan fingerprint density at radius 1 is 1.40 bits per heavy atom. The standard InChI is InChI=1S/C17H28N4O3S/c1-12(2)21-7-5-14(6-8-21)20(4)17(23)11-25-10-16(22)18-15-9-13(3)24-19-15/h9,12,14H,5-8,10-11H2,1-4H3,(H,18,19,22). The van der Waals surface area contributed by atoms with Crippen molar-refractivity contribution in [3.63, 3.8) is 0 Å². The van der Waals surface area contributed by atoms with Crippen molar-refractivity contribution in [1.82, 2.24) is 15.0 Å². The Bertz CT molecular complexity index is 582. The van der Waals surface area contributed by atoms with Crippen molar-refractivity contribution >= 4 is 29.4 Å². The molecule has 1 aromatic rings. The average molecular weight is 369 g/mol. The fourth-order valence-electron chi connectivity index (χ4n) is 2.93. The number of thioether (sulfide) groups is 1. The summed E-state index contributed by atoms with van der Waals surface area (Å²) in [5.41, 5.74) is 0. The maximum Gasteiger partial charge on any atom is 0.235 e. The molecular weight excluding hydrogens is 340 g/mol. The predicted octanol–water partition coefficient (Wildman–Crippen LogP) is 1.99. The van der Waals surface area contributed by atoms with E-state index in [9.17, 15) is 9.59 Å². The third-order valence-electron chi connectivity index (χ3n) is 4.52. The van der Waals surface area contributed by atoms with E-state index < -0.39 is 0 Å². The smallest absolute Gasteiger partial charge is 0.235 e. The lowest BCUT2D eigenvalue weighted by Gasteiger charge is -2.38. The molecule has 25 heavy (non-hydrogen) atoms. The fraction of sp³-hybridized carbons (Fsp3) is 0.706. The van der Waals surface area contributed by atoms with Crippen LogP contribution in [0.3, 0.4) is 0 Å². The van der Waals surface area contributed by atoms with E-state index >= 15 is 0 Å². The zero-order chi connectivity index (χ0) is 18.4. The molecule has 7 nitrogen and oxygen atoms in total. The van der Waals surface area contributed by atoms with Crippen LogP contribution in [0.2, 0.25) is 0 Å². The van der Waals surface area contributed by atoms with Gasteiger partial charge in [-0.2, -0.15) is 0 Å². The van der Waals surface area contributed by atoms with Gasteiger partial charge < -0.3 is 19.6 Å². The van der Waals surface area contributed by atoms with E-state index in [0.29, 0.717) is 29.4 Å². The van der Waals surface area contributed by atoms with E-state index in [4.69, 9.17) is 4.52 Å². The second kappa shape index (κ2) is 9.24. The topological polar surface area (TPSA) is 78.7 Å². The molecule has 2 amide bonds. The van der Waals surface area contributed by atoms with Crippen LogP contribution in [-0.2, 0) is 9.59 Å². The SMILES string of the molecule is Cc1cc(NC(=O)CSCC(=O)N(C)C2CCN(C(C)C)CC2)no1. The molecule has 2 rings (SSSR count). The molecule has 1 aromatic heterocycles. The average Bonchev–Trinajstić information content (AvgIpc) is 2.98. The number of carbonyl (C=O) groups excluding carboxylic acids is 2. The molecule has 0 bridgehead atoms. The number of amides is 2. The first-order valence-electron chi connectivity index (χ1n) is 8.67. The number of likely N-dealkylation sites (tertiary alicyclic amines) is 1. The minimum atomic E-state index is -0.181. The molecule has 0 aliphatic carbocycles. The minimum absolute atomic E-state index is 0.0816. The lowest BCUT2D eigenvalue weighted by Crippen LogP contribution is -2.47. The molecule has 1 fully saturated rings. The number of nitrogens with zero attached hydrogens (tertiary/aromatic N) is 3. The molecular formula is C17H28N4O3S. The highest BCUT2D eigenvalue weighted by molar-refractivity contribution is 8.00. The highest BCUT2D eigenvalue weighted by Gasteiger charge is 2.26. The molecule has 8 heteroatoms. The van der Waals surface area contributed by atoms with Crippen LogP contribution in [0.25, 0.3) is 0 Å². The van der Waals surface area contributed by atoms with Crippen molar-refractivity contribution in [1.29, 1.82) is 0 Å². The van der Waals surface area contributed by atoms with Gasteiger partial charge in [0.1, 0.15) is 5.76 Å². The molecule has 1 N–H and O–H groups in total. The largest absolute Gasteiger partial charge is 0.360 e. The van der Waals surface area contributed by atoms with Gasteiger partial charge in [0.15, 0.2) is 5.82 Å². The van der Waals surface area contributed by atoms with Gasteiger partial charge >= 0.3 is 0 Å². The number of carbonyl (C=O) groups is 2. The third kappa shape index (κ3) is 6.04. The van der Waals surface area contributed by atoms with Crippen LogP contribution in [0.15, 0.2) is 10.6 Å². The summed E-state index contributed by atoms with van der Waals surface area (Å²) < 4.78 is 4.89. The maximum absolute atomic E-state index is 12.3. The molecule has 0 saturated carbocycles. The number of piperidine rings is 1. The molecule has 0 radical (unpaired) electrons. The van der Waals surface area contributed by atoms with E-state index in [1.165, 1.54) is 11.8 Å². The Balaban J connectivity index is 1.66. The number of aromatic nitrogens is 1. The van der Waals surface area contributed by atoms with Gasteiger partial charge in [0.05, 0.1) is 11.5 Å². The Hall–Kier alpha value is -1.54. The van der Waals surface area contributed by atoms with Crippen molar-refractivity contribution in [3.05, 3.63) is 11.8 Å². The van der Waals surface area contributed by atoms with Crippen molar-refractivity contribution < 1.29 is 14.1 Å². The summed E-state index contributed by atoms with van der Waals surface area (Å²) in [6, 6.07) is 2.52. The van der Waals surface area contributed by atoms with Crippen LogP contribution in [0.5, 0.6) is 0 Å². The zero-order valence-corrected chi connectivity index (χ0v) is 16.3. The fourth-order valence-corrected chi connectivity index (χ4v) is 3.67. The van der Waals surface area contributed by atoms with Crippen molar-refractivity contribution in [2.45, 2.75) is 45.7 Å². The van der Waals surface area contributed by atoms with Crippen molar-refractivity contribution in [2.75, 3.05) is 37.0 Å². The van der Waals surface area contributed by atoms with Crippen LogP contribution in [-0.4, -0.2) is 70.5 Å². The first-order valence-corrected chi connectivity index (χ1v) is 9.83. The van der Waals surface area contributed by atoms with E-state index in [2.05, 4.69) is 29.2 Å². The third-order valence-corrected chi connectivity index (χ3v) is 5.44. The molecule has 0 atom stereocenters. The predicted molar refractivity (Wildman–Crippen MR) is 99.7 cm³/mol. The monoisotopic (exact) mass is 368 g/mol. The summed E-state index contributed by atoms with van der Waals surface area (Å²) in [7, 11) is 1.87. The molecule has 0 unspecified atom stereocenters. The molecule has 2 heterocycles. The quantitative estimate of drug-likeness (QED) is 0.793. The second-order valence-corrected chi connectivity index (χ2v) is 7.71. The second-order valence-electron chi connectivity index (χ2n) is 6.73. The first-order chi connectivity index (χ1) is 11.9. The summed E-state index contributed by atoms with van der Waals surface area (Å²) in [5, 5.41) is 6.36. The summed E-state index contributed by atoms with van der Waals surface area (Å²) in [6.45, 7) is 8.24. The van der Waals surface area contributed by atoms with Gasteiger partial charge in [-0.15, -0.1) is 11.8 Å². The number of aryl methyl sites for hydroxylation is 1. The summed E-state index contributed by atoms with van der Waals surface area (Å²) in [6.07, 6.45) is 2.02. The Morgan fingerprint density at radius 2 is 2.08 bits per heavy atom. The normalized spacial score (nSPS) is 16.2.